The van der Waals surface area contributed by atoms with E-state index in [9.17, 15) is 13.2 Å². The van der Waals surface area contributed by atoms with Gasteiger partial charge in [0.25, 0.3) is 0 Å². The quantitative estimate of drug-likeness (QED) is 0.771. The maximum atomic E-state index is 12.3. The standard InChI is InChI=1S/C13H21F3N2/c1-3-12(8-9-17)6-4-11(5-7-12)18(2)10-13(14,15)16/h11H,3-8,10H2,1-2H3. The molecule has 0 unspecified atom stereocenters. The van der Waals surface area contributed by atoms with E-state index in [0.29, 0.717) is 6.42 Å². The summed E-state index contributed by atoms with van der Waals surface area (Å²) in [5.74, 6) is 0. The number of rotatable bonds is 4. The molecule has 0 saturated heterocycles. The van der Waals surface area contributed by atoms with Crippen LogP contribution in [0.5, 0.6) is 0 Å². The van der Waals surface area contributed by atoms with Gasteiger partial charge in [0.1, 0.15) is 0 Å². The zero-order chi connectivity index (χ0) is 13.8. The second-order valence-electron chi connectivity index (χ2n) is 5.45. The molecule has 0 aromatic carbocycles. The van der Waals surface area contributed by atoms with E-state index in [4.69, 9.17) is 5.26 Å². The molecule has 0 aromatic heterocycles. The molecule has 0 bridgehead atoms. The average Bonchev–Trinajstić information content (AvgIpc) is 2.28. The second-order valence-corrected chi connectivity index (χ2v) is 5.45. The van der Waals surface area contributed by atoms with Crippen LogP contribution in [0.15, 0.2) is 0 Å². The molecule has 5 heteroatoms. The van der Waals surface area contributed by atoms with Crippen LogP contribution in [0, 0.1) is 16.7 Å². The molecule has 0 heterocycles. The van der Waals surface area contributed by atoms with E-state index in [2.05, 4.69) is 13.0 Å². The van der Waals surface area contributed by atoms with Crippen LogP contribution >= 0.6 is 0 Å². The normalized spacial score (nSPS) is 29.3. The Balaban J connectivity index is 2.50. The third-order valence-corrected chi connectivity index (χ3v) is 4.27. The average molecular weight is 262 g/mol. The predicted octanol–water partition coefficient (Wildman–Crippen LogP) is 3.73. The molecule has 1 aliphatic carbocycles. The van der Waals surface area contributed by atoms with E-state index in [1.54, 1.807) is 7.05 Å². The van der Waals surface area contributed by atoms with Gasteiger partial charge in [0.05, 0.1) is 12.6 Å². The fourth-order valence-electron chi connectivity index (χ4n) is 2.89. The van der Waals surface area contributed by atoms with Gasteiger partial charge in [0.15, 0.2) is 0 Å². The molecule has 1 fully saturated rings. The summed E-state index contributed by atoms with van der Waals surface area (Å²) < 4.78 is 36.9. The summed E-state index contributed by atoms with van der Waals surface area (Å²) in [4.78, 5) is 1.41. The minimum absolute atomic E-state index is 0.00462. The van der Waals surface area contributed by atoms with Crippen LogP contribution in [0.25, 0.3) is 0 Å². The van der Waals surface area contributed by atoms with Crippen molar-refractivity contribution in [2.75, 3.05) is 13.6 Å². The molecule has 0 aliphatic heterocycles. The van der Waals surface area contributed by atoms with E-state index in [1.807, 2.05) is 0 Å². The summed E-state index contributed by atoms with van der Waals surface area (Å²) in [5.41, 5.74) is 0.0460. The molecule has 0 aromatic rings. The lowest BCUT2D eigenvalue weighted by atomic mass is 9.69. The van der Waals surface area contributed by atoms with Crippen molar-refractivity contribution in [1.82, 2.24) is 4.90 Å². The van der Waals surface area contributed by atoms with Gasteiger partial charge in [0.2, 0.25) is 0 Å². The number of nitriles is 1. The van der Waals surface area contributed by atoms with E-state index in [-0.39, 0.29) is 11.5 Å². The first kappa shape index (κ1) is 15.3. The smallest absolute Gasteiger partial charge is 0.295 e. The molecule has 0 spiro atoms. The zero-order valence-corrected chi connectivity index (χ0v) is 11.1. The molecule has 0 N–H and O–H groups in total. The van der Waals surface area contributed by atoms with E-state index >= 15 is 0 Å². The first-order valence-corrected chi connectivity index (χ1v) is 6.46. The lowest BCUT2D eigenvalue weighted by Gasteiger charge is -2.41. The highest BCUT2D eigenvalue weighted by Crippen LogP contribution is 2.43. The van der Waals surface area contributed by atoms with Crippen molar-refractivity contribution in [3.63, 3.8) is 0 Å². The minimum Gasteiger partial charge on any atom is -0.295 e. The van der Waals surface area contributed by atoms with E-state index in [0.717, 1.165) is 32.1 Å². The predicted molar refractivity (Wildman–Crippen MR) is 63.9 cm³/mol. The Morgan fingerprint density at radius 3 is 2.28 bits per heavy atom. The Morgan fingerprint density at radius 1 is 1.33 bits per heavy atom. The van der Waals surface area contributed by atoms with Gasteiger partial charge in [-0.2, -0.15) is 18.4 Å². The first-order chi connectivity index (χ1) is 8.32. The number of alkyl halides is 3. The number of hydrogen-bond acceptors (Lipinski definition) is 2. The Bertz CT molecular complexity index is 298. The fraction of sp³-hybridized carbons (Fsp3) is 0.923. The van der Waals surface area contributed by atoms with Crippen molar-refractivity contribution < 1.29 is 13.2 Å². The molecule has 0 amide bonds. The van der Waals surface area contributed by atoms with Crippen molar-refractivity contribution >= 4 is 0 Å². The molecular formula is C13H21F3N2. The van der Waals surface area contributed by atoms with E-state index in [1.165, 1.54) is 4.90 Å². The monoisotopic (exact) mass is 262 g/mol. The number of halogens is 3. The molecular weight excluding hydrogens is 241 g/mol. The summed E-state index contributed by atoms with van der Waals surface area (Å²) in [6, 6.07) is 2.22. The van der Waals surface area contributed by atoms with Gasteiger partial charge in [-0.3, -0.25) is 4.90 Å². The van der Waals surface area contributed by atoms with Crippen LogP contribution in [0.1, 0.15) is 45.4 Å². The van der Waals surface area contributed by atoms with E-state index < -0.39 is 12.7 Å². The molecule has 18 heavy (non-hydrogen) atoms. The summed E-state index contributed by atoms with van der Waals surface area (Å²) >= 11 is 0. The Morgan fingerprint density at radius 2 is 1.89 bits per heavy atom. The molecule has 0 radical (unpaired) electrons. The Kier molecular flexibility index (Phi) is 5.03. The van der Waals surface area contributed by atoms with Crippen molar-refractivity contribution in [1.29, 1.82) is 5.26 Å². The maximum absolute atomic E-state index is 12.3. The largest absolute Gasteiger partial charge is 0.401 e. The van der Waals surface area contributed by atoms with Crippen molar-refractivity contribution in [3.8, 4) is 6.07 Å². The topological polar surface area (TPSA) is 27.0 Å². The van der Waals surface area contributed by atoms with Gasteiger partial charge in [-0.05, 0) is 44.6 Å². The number of hydrogen-bond donors (Lipinski definition) is 0. The van der Waals surface area contributed by atoms with Crippen LogP contribution in [0.2, 0.25) is 0 Å². The molecule has 2 nitrogen and oxygen atoms in total. The summed E-state index contributed by atoms with van der Waals surface area (Å²) in [7, 11) is 1.54. The second kappa shape index (κ2) is 5.92. The molecule has 1 saturated carbocycles. The Labute approximate surface area is 107 Å². The molecule has 1 rings (SSSR count). The van der Waals surface area contributed by atoms with Crippen LogP contribution in [-0.2, 0) is 0 Å². The highest BCUT2D eigenvalue weighted by molar-refractivity contribution is 4.93. The first-order valence-electron chi connectivity index (χ1n) is 6.46. The fourth-order valence-corrected chi connectivity index (χ4v) is 2.89. The van der Waals surface area contributed by atoms with Crippen molar-refractivity contribution in [2.24, 2.45) is 5.41 Å². The summed E-state index contributed by atoms with van der Waals surface area (Å²) in [5, 5.41) is 8.83. The van der Waals surface area contributed by atoms with Gasteiger partial charge in [-0.25, -0.2) is 0 Å². The molecule has 104 valence electrons. The lowest BCUT2D eigenvalue weighted by Crippen LogP contribution is -2.42. The van der Waals surface area contributed by atoms with Gasteiger partial charge < -0.3 is 0 Å². The van der Waals surface area contributed by atoms with Crippen LogP contribution in [0.4, 0.5) is 13.2 Å². The van der Waals surface area contributed by atoms with Crippen LogP contribution in [0.3, 0.4) is 0 Å². The van der Waals surface area contributed by atoms with Crippen LogP contribution in [-0.4, -0.2) is 30.7 Å². The highest BCUT2D eigenvalue weighted by Gasteiger charge is 2.37. The summed E-state index contributed by atoms with van der Waals surface area (Å²) in [6.07, 6.45) is 0.605. The van der Waals surface area contributed by atoms with Crippen LogP contribution < -0.4 is 0 Å². The lowest BCUT2D eigenvalue weighted by molar-refractivity contribution is -0.149. The van der Waals surface area contributed by atoms with Crippen molar-refractivity contribution in [3.05, 3.63) is 0 Å². The SMILES string of the molecule is CCC1(CC#N)CCC(N(C)CC(F)(F)F)CC1. The molecule has 0 atom stereocenters. The maximum Gasteiger partial charge on any atom is 0.401 e. The van der Waals surface area contributed by atoms with Gasteiger partial charge in [0, 0.05) is 12.5 Å². The Hall–Kier alpha value is -0.760. The number of nitrogens with zero attached hydrogens (tertiary/aromatic N) is 2. The summed E-state index contributed by atoms with van der Waals surface area (Å²) in [6.45, 7) is 1.23. The van der Waals surface area contributed by atoms with Gasteiger partial charge >= 0.3 is 6.18 Å². The minimum atomic E-state index is -4.12. The highest BCUT2D eigenvalue weighted by atomic mass is 19.4. The third kappa shape index (κ3) is 4.16. The van der Waals surface area contributed by atoms with Crippen molar-refractivity contribution in [2.45, 2.75) is 57.7 Å². The zero-order valence-electron chi connectivity index (χ0n) is 11.1. The third-order valence-electron chi connectivity index (χ3n) is 4.27. The molecule has 1 aliphatic rings. The van der Waals surface area contributed by atoms with Gasteiger partial charge in [-0.15, -0.1) is 0 Å². The van der Waals surface area contributed by atoms with Gasteiger partial charge in [-0.1, -0.05) is 6.92 Å².